The second-order valence-corrected chi connectivity index (χ2v) is 3.96. The van der Waals surface area contributed by atoms with Crippen LogP contribution in [0.1, 0.15) is 18.9 Å². The van der Waals surface area contributed by atoms with E-state index in [1.165, 1.54) is 11.1 Å². The second kappa shape index (κ2) is 5.93. The Labute approximate surface area is 108 Å². The van der Waals surface area contributed by atoms with Gasteiger partial charge in [-0.1, -0.05) is 43.0 Å². The maximum Gasteiger partial charge on any atom is 0.118 e. The molecule has 1 heteroatoms. The number of hydrogen-bond acceptors (Lipinski definition) is 1. The van der Waals surface area contributed by atoms with Gasteiger partial charge in [0.15, 0.2) is 0 Å². The largest absolute Gasteiger partial charge is 0.497 e. The van der Waals surface area contributed by atoms with Crippen molar-refractivity contribution in [3.63, 3.8) is 0 Å². The molecule has 0 heterocycles. The molecule has 2 rings (SSSR count). The highest BCUT2D eigenvalue weighted by molar-refractivity contribution is 5.65. The van der Waals surface area contributed by atoms with Gasteiger partial charge in [-0.2, -0.15) is 0 Å². The molecule has 0 amide bonds. The van der Waals surface area contributed by atoms with E-state index in [-0.39, 0.29) is 0 Å². The number of benzene rings is 2. The third kappa shape index (κ3) is 2.93. The van der Waals surface area contributed by atoms with Crippen LogP contribution >= 0.6 is 0 Å². The minimum Gasteiger partial charge on any atom is -0.497 e. The number of methoxy groups -OCH3 is 1. The third-order valence-electron chi connectivity index (χ3n) is 2.72. The lowest BCUT2D eigenvalue weighted by molar-refractivity contribution is 0.415. The van der Waals surface area contributed by atoms with E-state index in [2.05, 4.69) is 55.2 Å². The van der Waals surface area contributed by atoms with Gasteiger partial charge in [0.25, 0.3) is 0 Å². The molecule has 0 aromatic heterocycles. The molecule has 2 aromatic carbocycles. The van der Waals surface area contributed by atoms with Gasteiger partial charge in [-0.05, 0) is 35.4 Å². The molecule has 0 aliphatic rings. The van der Waals surface area contributed by atoms with E-state index in [0.29, 0.717) is 0 Å². The minimum absolute atomic E-state index is 0.879. The van der Waals surface area contributed by atoms with Crippen LogP contribution in [0.2, 0.25) is 0 Å². The molecule has 0 radical (unpaired) electrons. The normalized spacial score (nSPS) is 9.44. The first-order chi connectivity index (χ1) is 8.83. The van der Waals surface area contributed by atoms with Crippen molar-refractivity contribution < 1.29 is 4.74 Å². The Morgan fingerprint density at radius 3 is 1.94 bits per heavy atom. The number of rotatable bonds is 2. The zero-order chi connectivity index (χ0) is 12.8. The highest BCUT2D eigenvalue weighted by Gasteiger charge is 1.98. The van der Waals surface area contributed by atoms with Gasteiger partial charge < -0.3 is 4.74 Å². The standard InChI is InChI=1S/C17H16O/c1-3-4-5-14-6-8-15(9-7-14)16-10-12-17(18-2)13-11-16/h6-13H,3H2,1-2H3. The number of ether oxygens (including phenoxy) is 1. The first-order valence-electron chi connectivity index (χ1n) is 6.07. The van der Waals surface area contributed by atoms with Gasteiger partial charge in [0.2, 0.25) is 0 Å². The van der Waals surface area contributed by atoms with Crippen molar-refractivity contribution in [2.75, 3.05) is 7.11 Å². The smallest absolute Gasteiger partial charge is 0.118 e. The van der Waals surface area contributed by atoms with E-state index in [1.807, 2.05) is 12.1 Å². The summed E-state index contributed by atoms with van der Waals surface area (Å²) in [5.41, 5.74) is 3.44. The minimum atomic E-state index is 0.879. The molecule has 0 fully saturated rings. The SMILES string of the molecule is CCC#Cc1ccc(-c2ccc(OC)cc2)cc1. The topological polar surface area (TPSA) is 9.23 Å². The maximum atomic E-state index is 5.15. The van der Waals surface area contributed by atoms with Gasteiger partial charge in [-0.15, -0.1) is 0 Å². The van der Waals surface area contributed by atoms with E-state index in [4.69, 9.17) is 4.74 Å². The average molecular weight is 236 g/mol. The van der Waals surface area contributed by atoms with Crippen molar-refractivity contribution in [2.45, 2.75) is 13.3 Å². The van der Waals surface area contributed by atoms with Crippen molar-refractivity contribution in [3.8, 4) is 28.7 Å². The highest BCUT2D eigenvalue weighted by Crippen LogP contribution is 2.22. The third-order valence-corrected chi connectivity index (χ3v) is 2.72. The Morgan fingerprint density at radius 1 is 0.889 bits per heavy atom. The second-order valence-electron chi connectivity index (χ2n) is 3.96. The Kier molecular flexibility index (Phi) is 4.04. The fraction of sp³-hybridized carbons (Fsp3) is 0.176. The summed E-state index contributed by atoms with van der Waals surface area (Å²) in [4.78, 5) is 0. The van der Waals surface area contributed by atoms with Gasteiger partial charge in [0.1, 0.15) is 5.75 Å². The summed E-state index contributed by atoms with van der Waals surface area (Å²) in [7, 11) is 1.68. The molecule has 0 bridgehead atoms. The molecule has 18 heavy (non-hydrogen) atoms. The molecule has 90 valence electrons. The van der Waals surface area contributed by atoms with Crippen LogP contribution in [0.25, 0.3) is 11.1 Å². The summed E-state index contributed by atoms with van der Waals surface area (Å²) in [6, 6.07) is 16.4. The average Bonchev–Trinajstić information content (AvgIpc) is 2.46. The molecule has 0 aliphatic carbocycles. The van der Waals surface area contributed by atoms with Crippen LogP contribution in [0.3, 0.4) is 0 Å². The quantitative estimate of drug-likeness (QED) is 0.712. The Balaban J connectivity index is 2.22. The van der Waals surface area contributed by atoms with Gasteiger partial charge in [-0.25, -0.2) is 0 Å². The summed E-state index contributed by atoms with van der Waals surface area (Å²) < 4.78 is 5.15. The predicted molar refractivity (Wildman–Crippen MR) is 75.6 cm³/mol. The van der Waals surface area contributed by atoms with E-state index < -0.39 is 0 Å². The van der Waals surface area contributed by atoms with E-state index >= 15 is 0 Å². The summed E-state index contributed by atoms with van der Waals surface area (Å²) >= 11 is 0. The van der Waals surface area contributed by atoms with Crippen LogP contribution in [0.5, 0.6) is 5.75 Å². The van der Waals surface area contributed by atoms with Crippen molar-refractivity contribution in [1.29, 1.82) is 0 Å². The van der Waals surface area contributed by atoms with Crippen LogP contribution in [0.15, 0.2) is 48.5 Å². The molecule has 0 aliphatic heterocycles. The molecular weight excluding hydrogens is 220 g/mol. The predicted octanol–water partition coefficient (Wildman–Crippen LogP) is 4.12. The summed E-state index contributed by atoms with van der Waals surface area (Å²) in [5, 5.41) is 0. The molecule has 0 saturated carbocycles. The molecule has 0 unspecified atom stereocenters. The molecule has 0 spiro atoms. The van der Waals surface area contributed by atoms with Crippen LogP contribution in [-0.2, 0) is 0 Å². The van der Waals surface area contributed by atoms with Crippen molar-refractivity contribution in [1.82, 2.24) is 0 Å². The van der Waals surface area contributed by atoms with Crippen molar-refractivity contribution >= 4 is 0 Å². The summed E-state index contributed by atoms with van der Waals surface area (Å²) in [5.74, 6) is 7.07. The first-order valence-corrected chi connectivity index (χ1v) is 6.07. The summed E-state index contributed by atoms with van der Waals surface area (Å²) in [6.45, 7) is 2.05. The van der Waals surface area contributed by atoms with E-state index in [0.717, 1.165) is 17.7 Å². The monoisotopic (exact) mass is 236 g/mol. The lowest BCUT2D eigenvalue weighted by atomic mass is 10.0. The highest BCUT2D eigenvalue weighted by atomic mass is 16.5. The van der Waals surface area contributed by atoms with Gasteiger partial charge >= 0.3 is 0 Å². The zero-order valence-corrected chi connectivity index (χ0v) is 10.7. The molecule has 0 atom stereocenters. The van der Waals surface area contributed by atoms with Crippen LogP contribution in [0.4, 0.5) is 0 Å². The summed E-state index contributed by atoms with van der Waals surface area (Å²) in [6.07, 6.45) is 0.889. The molecule has 0 N–H and O–H groups in total. The van der Waals surface area contributed by atoms with Gasteiger partial charge in [0, 0.05) is 12.0 Å². The van der Waals surface area contributed by atoms with E-state index in [1.54, 1.807) is 7.11 Å². The first kappa shape index (κ1) is 12.3. The Hall–Kier alpha value is -2.20. The van der Waals surface area contributed by atoms with Crippen molar-refractivity contribution in [3.05, 3.63) is 54.1 Å². The lowest BCUT2D eigenvalue weighted by Gasteiger charge is -2.03. The van der Waals surface area contributed by atoms with Crippen LogP contribution in [0, 0.1) is 11.8 Å². The maximum absolute atomic E-state index is 5.15. The Morgan fingerprint density at radius 2 is 1.44 bits per heavy atom. The molecular formula is C17H16O. The lowest BCUT2D eigenvalue weighted by Crippen LogP contribution is -1.83. The number of hydrogen-bond donors (Lipinski definition) is 0. The van der Waals surface area contributed by atoms with Crippen LogP contribution in [-0.4, -0.2) is 7.11 Å². The van der Waals surface area contributed by atoms with Gasteiger partial charge in [0.05, 0.1) is 7.11 Å². The van der Waals surface area contributed by atoms with Gasteiger partial charge in [-0.3, -0.25) is 0 Å². The molecule has 2 aromatic rings. The Bertz CT molecular complexity index is 553. The fourth-order valence-corrected chi connectivity index (χ4v) is 1.72. The van der Waals surface area contributed by atoms with E-state index in [9.17, 15) is 0 Å². The van der Waals surface area contributed by atoms with Crippen LogP contribution < -0.4 is 4.74 Å². The van der Waals surface area contributed by atoms with Crippen molar-refractivity contribution in [2.24, 2.45) is 0 Å². The molecule has 1 nitrogen and oxygen atoms in total. The zero-order valence-electron chi connectivity index (χ0n) is 10.7. The fourth-order valence-electron chi connectivity index (χ4n) is 1.72. The molecule has 0 saturated heterocycles.